The van der Waals surface area contributed by atoms with E-state index < -0.39 is 23.7 Å². The zero-order valence-corrected chi connectivity index (χ0v) is 13.7. The largest absolute Gasteiger partial charge is 0.480 e. The van der Waals surface area contributed by atoms with Gasteiger partial charge in [0.15, 0.2) is 0 Å². The Hall–Kier alpha value is -0.910. The van der Waals surface area contributed by atoms with Crippen molar-refractivity contribution in [3.63, 3.8) is 0 Å². The normalized spacial score (nSPS) is 12.8. The smallest absolute Gasteiger partial charge is 0.408 e. The van der Waals surface area contributed by atoms with Crippen molar-refractivity contribution in [1.29, 1.82) is 0 Å². The summed E-state index contributed by atoms with van der Waals surface area (Å²) in [6.45, 7) is 7.37. The minimum Gasteiger partial charge on any atom is -0.480 e. The molecule has 2 N–H and O–H groups in total. The molecular weight excluding hydrogens is 278 g/mol. The summed E-state index contributed by atoms with van der Waals surface area (Å²) in [7, 11) is 0. The second kappa shape index (κ2) is 9.91. The van der Waals surface area contributed by atoms with Gasteiger partial charge in [0.25, 0.3) is 0 Å². The van der Waals surface area contributed by atoms with Gasteiger partial charge < -0.3 is 15.2 Å². The number of carboxylic acids is 1. The van der Waals surface area contributed by atoms with Crippen molar-refractivity contribution in [2.45, 2.75) is 65.0 Å². The van der Waals surface area contributed by atoms with E-state index in [0.717, 1.165) is 12.2 Å². The number of hydrogen-bond acceptors (Lipinski definition) is 4. The number of unbranched alkanes of at least 4 members (excludes halogenated alkanes) is 3. The molecule has 1 amide bonds. The van der Waals surface area contributed by atoms with Crippen LogP contribution in [-0.2, 0) is 9.53 Å². The topological polar surface area (TPSA) is 75.6 Å². The van der Waals surface area contributed by atoms with Gasteiger partial charge in [-0.15, -0.1) is 0 Å². The highest BCUT2D eigenvalue weighted by molar-refractivity contribution is 7.99. The lowest BCUT2D eigenvalue weighted by molar-refractivity contribution is -0.138. The van der Waals surface area contributed by atoms with Crippen LogP contribution >= 0.6 is 11.8 Å². The Labute approximate surface area is 125 Å². The second-order valence-corrected chi connectivity index (χ2v) is 6.82. The predicted molar refractivity (Wildman–Crippen MR) is 82.3 cm³/mol. The standard InChI is InChI=1S/C14H27NO4S/c1-5-6-7-8-9-20-10-11(12(16)17)15-13(18)19-14(2,3)4/h11H,5-10H2,1-4H3,(H,15,18)(H,16,17)/t11-/m0/s1. The maximum absolute atomic E-state index is 11.5. The molecular formula is C14H27NO4S. The number of thioether (sulfide) groups is 1. The molecule has 0 radical (unpaired) electrons. The second-order valence-electron chi connectivity index (χ2n) is 5.67. The summed E-state index contributed by atoms with van der Waals surface area (Å²) < 4.78 is 5.06. The predicted octanol–water partition coefficient (Wildman–Crippen LogP) is 3.28. The van der Waals surface area contributed by atoms with Gasteiger partial charge in [-0.05, 0) is 32.9 Å². The zero-order chi connectivity index (χ0) is 15.6. The van der Waals surface area contributed by atoms with Crippen molar-refractivity contribution in [1.82, 2.24) is 5.32 Å². The lowest BCUT2D eigenvalue weighted by Gasteiger charge is -2.21. The molecule has 0 aromatic heterocycles. The fourth-order valence-electron chi connectivity index (χ4n) is 1.46. The number of amides is 1. The van der Waals surface area contributed by atoms with Crippen LogP contribution in [0.2, 0.25) is 0 Å². The van der Waals surface area contributed by atoms with Crippen LogP contribution < -0.4 is 5.32 Å². The molecule has 0 aliphatic heterocycles. The molecule has 0 saturated carbocycles. The van der Waals surface area contributed by atoms with Gasteiger partial charge in [-0.1, -0.05) is 26.2 Å². The maximum Gasteiger partial charge on any atom is 0.408 e. The first kappa shape index (κ1) is 19.1. The number of ether oxygens (including phenoxy) is 1. The molecule has 0 bridgehead atoms. The number of carboxylic acid groups (broad SMARTS) is 1. The highest BCUT2D eigenvalue weighted by Crippen LogP contribution is 2.11. The van der Waals surface area contributed by atoms with Gasteiger partial charge in [-0.25, -0.2) is 9.59 Å². The van der Waals surface area contributed by atoms with Crippen molar-refractivity contribution < 1.29 is 19.4 Å². The fraction of sp³-hybridized carbons (Fsp3) is 0.857. The summed E-state index contributed by atoms with van der Waals surface area (Å²) in [4.78, 5) is 22.6. The molecule has 0 unspecified atom stereocenters. The van der Waals surface area contributed by atoms with Gasteiger partial charge >= 0.3 is 12.1 Å². The van der Waals surface area contributed by atoms with Gasteiger partial charge in [0.05, 0.1) is 0 Å². The molecule has 0 heterocycles. The molecule has 0 rings (SSSR count). The number of rotatable bonds is 9. The molecule has 0 saturated heterocycles. The Bertz CT molecular complexity index is 302. The van der Waals surface area contributed by atoms with Gasteiger partial charge in [0.1, 0.15) is 11.6 Å². The third-order valence-electron chi connectivity index (χ3n) is 2.42. The van der Waals surface area contributed by atoms with Gasteiger partial charge in [0, 0.05) is 5.75 Å². The summed E-state index contributed by atoms with van der Waals surface area (Å²) in [6.07, 6.45) is 3.95. The first-order valence-corrected chi connectivity index (χ1v) is 8.21. The van der Waals surface area contributed by atoms with Crippen LogP contribution in [0.1, 0.15) is 53.4 Å². The average Bonchev–Trinajstić information content (AvgIpc) is 2.29. The monoisotopic (exact) mass is 305 g/mol. The third-order valence-corrected chi connectivity index (χ3v) is 3.56. The zero-order valence-electron chi connectivity index (χ0n) is 12.9. The van der Waals surface area contributed by atoms with E-state index in [2.05, 4.69) is 12.2 Å². The molecule has 0 spiro atoms. The lowest BCUT2D eigenvalue weighted by atomic mass is 10.2. The van der Waals surface area contributed by atoms with E-state index in [0.29, 0.717) is 5.75 Å². The number of nitrogens with one attached hydrogen (secondary N) is 1. The van der Waals surface area contributed by atoms with E-state index in [4.69, 9.17) is 9.84 Å². The van der Waals surface area contributed by atoms with Crippen LogP contribution in [0, 0.1) is 0 Å². The first-order valence-electron chi connectivity index (χ1n) is 7.06. The van der Waals surface area contributed by atoms with Crippen molar-refractivity contribution in [3.8, 4) is 0 Å². The van der Waals surface area contributed by atoms with Crippen LogP contribution in [0.25, 0.3) is 0 Å². The molecule has 20 heavy (non-hydrogen) atoms. The molecule has 0 aromatic rings. The van der Waals surface area contributed by atoms with Crippen molar-refractivity contribution in [2.75, 3.05) is 11.5 Å². The molecule has 0 aliphatic carbocycles. The van der Waals surface area contributed by atoms with Gasteiger partial charge in [-0.3, -0.25) is 0 Å². The van der Waals surface area contributed by atoms with Crippen molar-refractivity contribution >= 4 is 23.8 Å². The highest BCUT2D eigenvalue weighted by atomic mass is 32.2. The van der Waals surface area contributed by atoms with Gasteiger partial charge in [-0.2, -0.15) is 11.8 Å². The molecule has 0 fully saturated rings. The summed E-state index contributed by atoms with van der Waals surface area (Å²) >= 11 is 1.55. The van der Waals surface area contributed by atoms with E-state index in [1.807, 2.05) is 0 Å². The molecule has 5 nitrogen and oxygen atoms in total. The van der Waals surface area contributed by atoms with E-state index in [1.54, 1.807) is 32.5 Å². The first-order chi connectivity index (χ1) is 9.26. The van der Waals surface area contributed by atoms with E-state index >= 15 is 0 Å². The minimum absolute atomic E-state index is 0.362. The van der Waals surface area contributed by atoms with E-state index in [1.165, 1.54) is 19.3 Å². The lowest BCUT2D eigenvalue weighted by Crippen LogP contribution is -2.45. The van der Waals surface area contributed by atoms with Crippen LogP contribution in [0.4, 0.5) is 4.79 Å². The SMILES string of the molecule is CCCCCCSC[C@H](NC(=O)OC(C)(C)C)C(=O)O. The number of hydrogen-bond donors (Lipinski definition) is 2. The van der Waals surface area contributed by atoms with E-state index in [-0.39, 0.29) is 0 Å². The fourth-order valence-corrected chi connectivity index (χ4v) is 2.49. The minimum atomic E-state index is -1.03. The maximum atomic E-state index is 11.5. The number of aliphatic carboxylic acids is 1. The van der Waals surface area contributed by atoms with Crippen LogP contribution in [-0.4, -0.2) is 40.3 Å². The molecule has 6 heteroatoms. The van der Waals surface area contributed by atoms with Crippen LogP contribution in [0.5, 0.6) is 0 Å². The molecule has 118 valence electrons. The average molecular weight is 305 g/mol. The Balaban J connectivity index is 3.99. The number of carbonyl (C=O) groups is 2. The number of alkyl carbamates (subject to hydrolysis) is 1. The molecule has 0 aliphatic rings. The quantitative estimate of drug-likeness (QED) is 0.639. The third kappa shape index (κ3) is 11.0. The summed E-state index contributed by atoms with van der Waals surface area (Å²) in [6, 6.07) is -0.902. The Kier molecular flexibility index (Phi) is 9.46. The van der Waals surface area contributed by atoms with E-state index in [9.17, 15) is 9.59 Å². The van der Waals surface area contributed by atoms with Crippen molar-refractivity contribution in [2.24, 2.45) is 0 Å². The summed E-state index contributed by atoms with van der Waals surface area (Å²) in [5, 5.41) is 11.5. The Morgan fingerprint density at radius 1 is 1.25 bits per heavy atom. The molecule has 0 aromatic carbocycles. The van der Waals surface area contributed by atoms with Gasteiger partial charge in [0.2, 0.25) is 0 Å². The van der Waals surface area contributed by atoms with Crippen molar-refractivity contribution in [3.05, 3.63) is 0 Å². The highest BCUT2D eigenvalue weighted by Gasteiger charge is 2.23. The Morgan fingerprint density at radius 2 is 1.90 bits per heavy atom. The molecule has 1 atom stereocenters. The van der Waals surface area contributed by atoms with Crippen LogP contribution in [0.15, 0.2) is 0 Å². The Morgan fingerprint density at radius 3 is 2.40 bits per heavy atom. The number of carbonyl (C=O) groups excluding carboxylic acids is 1. The van der Waals surface area contributed by atoms with Crippen LogP contribution in [0.3, 0.4) is 0 Å². The summed E-state index contributed by atoms with van der Waals surface area (Å²) in [5.41, 5.74) is -0.625. The summed E-state index contributed by atoms with van der Waals surface area (Å²) in [5.74, 6) is 0.248.